The van der Waals surface area contributed by atoms with Gasteiger partial charge >= 0.3 is 0 Å². The van der Waals surface area contributed by atoms with Crippen LogP contribution in [0.25, 0.3) is 21.9 Å². The van der Waals surface area contributed by atoms with Gasteiger partial charge in [-0.15, -0.1) is 0 Å². The summed E-state index contributed by atoms with van der Waals surface area (Å²) in [6, 6.07) is 10.3. The Balaban J connectivity index is 2.19. The maximum absolute atomic E-state index is 10.3. The third-order valence-electron chi connectivity index (χ3n) is 3.82. The van der Waals surface area contributed by atoms with Crippen LogP contribution in [0.15, 0.2) is 34.7 Å². The van der Waals surface area contributed by atoms with Gasteiger partial charge in [0.25, 0.3) is 0 Å². The van der Waals surface area contributed by atoms with Crippen molar-refractivity contribution in [3.8, 4) is 0 Å². The van der Waals surface area contributed by atoms with Crippen molar-refractivity contribution >= 4 is 28.3 Å². The van der Waals surface area contributed by atoms with Gasteiger partial charge in [-0.2, -0.15) is 0 Å². The number of carbonyl (C=O) groups excluding carboxylic acids is 1. The number of benzene rings is 2. The van der Waals surface area contributed by atoms with Gasteiger partial charge in [-0.25, -0.2) is 0 Å². The first-order valence-electron chi connectivity index (χ1n) is 6.79. The molecule has 0 aliphatic heterocycles. The second-order valence-electron chi connectivity index (χ2n) is 5.10. The predicted octanol–water partition coefficient (Wildman–Crippen LogP) is 3.49. The molecule has 0 radical (unpaired) electrons. The number of aryl methyl sites for hydroxylation is 2. The van der Waals surface area contributed by atoms with Crippen LogP contribution in [0.4, 0.5) is 0 Å². The first-order chi connectivity index (χ1) is 9.72. The molecular weight excluding hydrogens is 250 g/mol. The Kier molecular flexibility index (Phi) is 3.18. The Morgan fingerprint density at radius 3 is 2.85 bits per heavy atom. The fraction of sp³-hybridized carbons (Fsp3) is 0.235. The zero-order valence-corrected chi connectivity index (χ0v) is 11.7. The standard InChI is InChI=1S/C17H17NO2/c1-11-9-13(7-8-18-10-19)12(2)17-16(11)14-5-3-4-6-15(14)20-17/h3-6,9-10H,7-8H2,1-2H3,(H,18,19). The lowest BCUT2D eigenvalue weighted by atomic mass is 9.97. The Morgan fingerprint density at radius 1 is 1.25 bits per heavy atom. The molecule has 1 heterocycles. The molecule has 3 nitrogen and oxygen atoms in total. The maximum atomic E-state index is 10.3. The summed E-state index contributed by atoms with van der Waals surface area (Å²) >= 11 is 0. The summed E-state index contributed by atoms with van der Waals surface area (Å²) in [5.74, 6) is 0. The number of hydrogen-bond donors (Lipinski definition) is 1. The zero-order chi connectivity index (χ0) is 14.1. The first-order valence-corrected chi connectivity index (χ1v) is 6.79. The van der Waals surface area contributed by atoms with E-state index in [4.69, 9.17) is 4.42 Å². The molecule has 2 aromatic carbocycles. The molecule has 0 atom stereocenters. The third kappa shape index (κ3) is 1.95. The number of carbonyl (C=O) groups is 1. The molecule has 0 aliphatic rings. The number of rotatable bonds is 4. The Labute approximate surface area is 117 Å². The van der Waals surface area contributed by atoms with E-state index >= 15 is 0 Å². The highest BCUT2D eigenvalue weighted by atomic mass is 16.3. The molecule has 0 saturated heterocycles. The molecule has 0 saturated carbocycles. The van der Waals surface area contributed by atoms with Gasteiger partial charge in [-0.05, 0) is 43.0 Å². The second-order valence-corrected chi connectivity index (χ2v) is 5.10. The molecule has 0 aliphatic carbocycles. The molecule has 1 N–H and O–H groups in total. The Hall–Kier alpha value is -2.29. The summed E-state index contributed by atoms with van der Waals surface area (Å²) in [7, 11) is 0. The van der Waals surface area contributed by atoms with Crippen molar-refractivity contribution in [2.45, 2.75) is 20.3 Å². The van der Waals surface area contributed by atoms with Gasteiger partial charge < -0.3 is 9.73 Å². The van der Waals surface area contributed by atoms with Gasteiger partial charge in [-0.1, -0.05) is 24.3 Å². The van der Waals surface area contributed by atoms with E-state index in [1.165, 1.54) is 21.9 Å². The minimum absolute atomic E-state index is 0.648. The molecule has 20 heavy (non-hydrogen) atoms. The number of nitrogens with one attached hydrogen (secondary N) is 1. The molecule has 3 aromatic rings. The summed E-state index contributed by atoms with van der Waals surface area (Å²) in [4.78, 5) is 10.3. The van der Waals surface area contributed by atoms with Gasteiger partial charge in [0, 0.05) is 17.3 Å². The van der Waals surface area contributed by atoms with Crippen LogP contribution in [0.2, 0.25) is 0 Å². The van der Waals surface area contributed by atoms with Crippen molar-refractivity contribution < 1.29 is 9.21 Å². The van der Waals surface area contributed by atoms with Crippen molar-refractivity contribution in [3.05, 3.63) is 47.0 Å². The number of hydrogen-bond acceptors (Lipinski definition) is 2. The molecule has 102 valence electrons. The smallest absolute Gasteiger partial charge is 0.207 e. The maximum Gasteiger partial charge on any atom is 0.207 e. The van der Waals surface area contributed by atoms with E-state index in [9.17, 15) is 4.79 Å². The fourth-order valence-corrected chi connectivity index (χ4v) is 2.81. The summed E-state index contributed by atoms with van der Waals surface area (Å²) in [5.41, 5.74) is 5.50. The van der Waals surface area contributed by atoms with Crippen molar-refractivity contribution in [3.63, 3.8) is 0 Å². The molecule has 0 bridgehead atoms. The summed E-state index contributed by atoms with van der Waals surface area (Å²) in [5, 5.41) is 5.07. The monoisotopic (exact) mass is 267 g/mol. The molecule has 3 rings (SSSR count). The summed E-state index contributed by atoms with van der Waals surface area (Å²) in [6.45, 7) is 4.84. The number of fused-ring (bicyclic) bond motifs is 3. The minimum Gasteiger partial charge on any atom is -0.456 e. The minimum atomic E-state index is 0.648. The average Bonchev–Trinajstić information content (AvgIpc) is 2.84. The van der Waals surface area contributed by atoms with Crippen LogP contribution in [0, 0.1) is 13.8 Å². The van der Waals surface area contributed by atoms with Gasteiger partial charge in [0.2, 0.25) is 6.41 Å². The topological polar surface area (TPSA) is 42.2 Å². The normalized spacial score (nSPS) is 11.1. The fourth-order valence-electron chi connectivity index (χ4n) is 2.81. The molecular formula is C17H17NO2. The quantitative estimate of drug-likeness (QED) is 0.580. The van der Waals surface area contributed by atoms with Gasteiger partial charge in [0.1, 0.15) is 11.2 Å². The van der Waals surface area contributed by atoms with E-state index in [0.29, 0.717) is 6.54 Å². The van der Waals surface area contributed by atoms with Crippen LogP contribution < -0.4 is 5.32 Å². The molecule has 0 unspecified atom stereocenters. The number of amides is 1. The highest BCUT2D eigenvalue weighted by molar-refractivity contribution is 6.07. The zero-order valence-electron chi connectivity index (χ0n) is 11.7. The van der Waals surface area contributed by atoms with Crippen molar-refractivity contribution in [2.75, 3.05) is 6.54 Å². The van der Waals surface area contributed by atoms with E-state index in [0.717, 1.165) is 29.6 Å². The van der Waals surface area contributed by atoms with Crippen molar-refractivity contribution in [2.24, 2.45) is 0 Å². The second kappa shape index (κ2) is 5.00. The predicted molar refractivity (Wildman–Crippen MR) is 81.0 cm³/mol. The summed E-state index contributed by atoms with van der Waals surface area (Å²) in [6.07, 6.45) is 1.56. The molecule has 0 spiro atoms. The van der Waals surface area contributed by atoms with Gasteiger partial charge in [-0.3, -0.25) is 4.79 Å². The van der Waals surface area contributed by atoms with E-state index in [1.807, 2.05) is 18.2 Å². The van der Waals surface area contributed by atoms with Crippen LogP contribution in [-0.4, -0.2) is 13.0 Å². The first kappa shape index (κ1) is 12.7. The van der Waals surface area contributed by atoms with Gasteiger partial charge in [0.15, 0.2) is 0 Å². The van der Waals surface area contributed by atoms with Crippen LogP contribution >= 0.6 is 0 Å². The SMILES string of the molecule is Cc1c(CCNC=O)cc(C)c2c1oc1ccccc12. The largest absolute Gasteiger partial charge is 0.456 e. The molecule has 1 amide bonds. The van der Waals surface area contributed by atoms with E-state index in [1.54, 1.807) is 0 Å². The number of furan rings is 1. The van der Waals surface area contributed by atoms with E-state index in [2.05, 4.69) is 31.3 Å². The molecule has 3 heteroatoms. The van der Waals surface area contributed by atoms with Crippen molar-refractivity contribution in [1.82, 2.24) is 5.32 Å². The van der Waals surface area contributed by atoms with Crippen LogP contribution in [-0.2, 0) is 11.2 Å². The lowest BCUT2D eigenvalue weighted by Crippen LogP contribution is -2.14. The molecule has 1 aromatic heterocycles. The van der Waals surface area contributed by atoms with Crippen LogP contribution in [0.1, 0.15) is 16.7 Å². The third-order valence-corrected chi connectivity index (χ3v) is 3.82. The van der Waals surface area contributed by atoms with Crippen LogP contribution in [0.3, 0.4) is 0 Å². The highest BCUT2D eigenvalue weighted by Gasteiger charge is 2.14. The van der Waals surface area contributed by atoms with Crippen LogP contribution in [0.5, 0.6) is 0 Å². The lowest BCUT2D eigenvalue weighted by molar-refractivity contribution is -0.109. The number of para-hydroxylation sites is 1. The average molecular weight is 267 g/mol. The summed E-state index contributed by atoms with van der Waals surface area (Å²) < 4.78 is 6.02. The lowest BCUT2D eigenvalue weighted by Gasteiger charge is -2.08. The van der Waals surface area contributed by atoms with Gasteiger partial charge in [0.05, 0.1) is 0 Å². The highest BCUT2D eigenvalue weighted by Crippen LogP contribution is 2.34. The van der Waals surface area contributed by atoms with Crippen molar-refractivity contribution in [1.29, 1.82) is 0 Å². The Bertz CT molecular complexity index is 786. The van der Waals surface area contributed by atoms with E-state index < -0.39 is 0 Å². The van der Waals surface area contributed by atoms with E-state index in [-0.39, 0.29) is 0 Å². The molecule has 0 fully saturated rings. The Morgan fingerprint density at radius 2 is 2.05 bits per heavy atom.